The second-order valence-electron chi connectivity index (χ2n) is 7.80. The summed E-state index contributed by atoms with van der Waals surface area (Å²) >= 11 is 1.71. The van der Waals surface area contributed by atoms with E-state index in [1.807, 2.05) is 53.4 Å². The normalized spacial score (nSPS) is 16.0. The van der Waals surface area contributed by atoms with Crippen LogP contribution in [0, 0.1) is 0 Å². The Kier molecular flexibility index (Phi) is 7.14. The second-order valence-corrected chi connectivity index (χ2v) is 8.66. The molecule has 1 aliphatic heterocycles. The van der Waals surface area contributed by atoms with Gasteiger partial charge in [0, 0.05) is 19.7 Å². The fourth-order valence-electron chi connectivity index (χ4n) is 4.06. The SMILES string of the molecule is COc1cccc(CN(CC2CCCO2)C(=O)Cn2c(CSC)nc3ccccc32)c1. The number of rotatable bonds is 9. The first-order valence-electron chi connectivity index (χ1n) is 10.6. The average Bonchev–Trinajstić information content (AvgIpc) is 3.42. The van der Waals surface area contributed by atoms with Crippen LogP contribution in [0.5, 0.6) is 5.75 Å². The molecule has 0 spiro atoms. The van der Waals surface area contributed by atoms with Crippen LogP contribution < -0.4 is 4.74 Å². The van der Waals surface area contributed by atoms with E-state index >= 15 is 0 Å². The summed E-state index contributed by atoms with van der Waals surface area (Å²) in [6, 6.07) is 15.9. The number of ether oxygens (including phenoxy) is 2. The van der Waals surface area contributed by atoms with Crippen molar-refractivity contribution in [3.05, 3.63) is 59.9 Å². The van der Waals surface area contributed by atoms with E-state index in [0.717, 1.165) is 53.4 Å². The van der Waals surface area contributed by atoms with Crippen molar-refractivity contribution in [3.8, 4) is 5.75 Å². The minimum absolute atomic E-state index is 0.0730. The lowest BCUT2D eigenvalue weighted by Gasteiger charge is -2.26. The first-order valence-corrected chi connectivity index (χ1v) is 12.0. The Hall–Kier alpha value is -2.51. The molecule has 0 radical (unpaired) electrons. The third-order valence-corrected chi connectivity index (χ3v) is 6.16. The summed E-state index contributed by atoms with van der Waals surface area (Å²) in [4.78, 5) is 20.2. The maximum absolute atomic E-state index is 13.5. The average molecular weight is 440 g/mol. The Morgan fingerprint density at radius 2 is 2.16 bits per heavy atom. The van der Waals surface area contributed by atoms with Gasteiger partial charge in [0.25, 0.3) is 0 Å². The Bertz CT molecular complexity index is 1030. The standard InChI is InChI=1S/C24H29N3O3S/c1-29-19-8-5-7-18(13-19)14-26(15-20-9-6-12-30-20)24(28)16-27-22-11-4-3-10-21(22)25-23(27)17-31-2/h3-5,7-8,10-11,13,20H,6,9,12,14-17H2,1-2H3. The maximum atomic E-state index is 13.5. The van der Waals surface area contributed by atoms with Crippen molar-refractivity contribution in [2.24, 2.45) is 0 Å². The van der Waals surface area contributed by atoms with E-state index in [-0.39, 0.29) is 18.6 Å². The molecule has 1 aromatic heterocycles. The summed E-state index contributed by atoms with van der Waals surface area (Å²) < 4.78 is 13.3. The van der Waals surface area contributed by atoms with Crippen LogP contribution in [0.3, 0.4) is 0 Å². The van der Waals surface area contributed by atoms with Crippen LogP contribution >= 0.6 is 11.8 Å². The van der Waals surface area contributed by atoms with E-state index in [1.165, 1.54) is 0 Å². The zero-order valence-electron chi connectivity index (χ0n) is 18.1. The Labute approximate surface area is 187 Å². The number of imidazole rings is 1. The lowest BCUT2D eigenvalue weighted by molar-refractivity contribution is -0.134. The quantitative estimate of drug-likeness (QED) is 0.502. The number of amides is 1. The molecule has 0 aliphatic carbocycles. The summed E-state index contributed by atoms with van der Waals surface area (Å²) in [6.07, 6.45) is 4.20. The van der Waals surface area contributed by atoms with Gasteiger partial charge < -0.3 is 18.9 Å². The highest BCUT2D eigenvalue weighted by molar-refractivity contribution is 7.97. The molecule has 2 aromatic carbocycles. The van der Waals surface area contributed by atoms with Gasteiger partial charge in [0.1, 0.15) is 18.1 Å². The van der Waals surface area contributed by atoms with E-state index in [0.29, 0.717) is 13.1 Å². The highest BCUT2D eigenvalue weighted by Gasteiger charge is 2.24. The molecule has 1 saturated heterocycles. The van der Waals surface area contributed by atoms with E-state index in [1.54, 1.807) is 18.9 Å². The summed E-state index contributed by atoms with van der Waals surface area (Å²) in [7, 11) is 1.66. The molecule has 4 rings (SSSR count). The number of thioether (sulfide) groups is 1. The van der Waals surface area contributed by atoms with Crippen molar-refractivity contribution in [3.63, 3.8) is 0 Å². The number of carbonyl (C=O) groups excluding carboxylic acids is 1. The predicted molar refractivity (Wildman–Crippen MR) is 124 cm³/mol. The van der Waals surface area contributed by atoms with Gasteiger partial charge in [-0.05, 0) is 48.9 Å². The Balaban J connectivity index is 1.59. The van der Waals surface area contributed by atoms with Crippen LogP contribution in [0.25, 0.3) is 11.0 Å². The molecule has 31 heavy (non-hydrogen) atoms. The molecular formula is C24H29N3O3S. The predicted octanol–water partition coefficient (Wildman–Crippen LogP) is 4.12. The summed E-state index contributed by atoms with van der Waals surface area (Å²) in [5.74, 6) is 2.57. The first-order chi connectivity index (χ1) is 15.2. The lowest BCUT2D eigenvalue weighted by Crippen LogP contribution is -2.39. The number of para-hydroxylation sites is 2. The molecule has 7 heteroatoms. The summed E-state index contributed by atoms with van der Waals surface area (Å²) in [6.45, 7) is 2.17. The number of benzene rings is 2. The number of methoxy groups -OCH3 is 1. The largest absolute Gasteiger partial charge is 0.497 e. The van der Waals surface area contributed by atoms with E-state index in [4.69, 9.17) is 14.5 Å². The molecule has 3 aromatic rings. The molecule has 6 nitrogen and oxygen atoms in total. The third-order valence-electron chi connectivity index (χ3n) is 5.61. The van der Waals surface area contributed by atoms with Gasteiger partial charge in [-0.25, -0.2) is 4.98 Å². The smallest absolute Gasteiger partial charge is 0.242 e. The van der Waals surface area contributed by atoms with Crippen molar-refractivity contribution < 1.29 is 14.3 Å². The first kappa shape index (κ1) is 21.7. The van der Waals surface area contributed by atoms with Gasteiger partial charge in [-0.2, -0.15) is 11.8 Å². The molecule has 1 amide bonds. The van der Waals surface area contributed by atoms with Crippen molar-refractivity contribution in [2.45, 2.75) is 37.8 Å². The molecule has 0 bridgehead atoms. The lowest BCUT2D eigenvalue weighted by atomic mass is 10.1. The van der Waals surface area contributed by atoms with Crippen molar-refractivity contribution >= 4 is 28.7 Å². The molecular weight excluding hydrogens is 410 g/mol. The number of nitrogens with zero attached hydrogens (tertiary/aromatic N) is 3. The third kappa shape index (κ3) is 5.22. The van der Waals surface area contributed by atoms with Gasteiger partial charge in [-0.15, -0.1) is 0 Å². The van der Waals surface area contributed by atoms with Crippen LogP contribution in [-0.4, -0.2) is 53.0 Å². The van der Waals surface area contributed by atoms with Gasteiger partial charge in [-0.1, -0.05) is 24.3 Å². The number of fused-ring (bicyclic) bond motifs is 1. The molecule has 164 valence electrons. The Morgan fingerprint density at radius 3 is 2.94 bits per heavy atom. The minimum atomic E-state index is 0.0730. The highest BCUT2D eigenvalue weighted by Crippen LogP contribution is 2.21. The summed E-state index contributed by atoms with van der Waals surface area (Å²) in [5.41, 5.74) is 2.97. The minimum Gasteiger partial charge on any atom is -0.497 e. The number of hydrogen-bond donors (Lipinski definition) is 0. The van der Waals surface area contributed by atoms with Crippen LogP contribution in [-0.2, 0) is 28.4 Å². The van der Waals surface area contributed by atoms with Gasteiger partial charge in [-0.3, -0.25) is 4.79 Å². The maximum Gasteiger partial charge on any atom is 0.242 e. The van der Waals surface area contributed by atoms with Crippen LogP contribution in [0.2, 0.25) is 0 Å². The van der Waals surface area contributed by atoms with Crippen LogP contribution in [0.1, 0.15) is 24.2 Å². The van der Waals surface area contributed by atoms with Crippen molar-refractivity contribution in [2.75, 3.05) is 26.5 Å². The van der Waals surface area contributed by atoms with Gasteiger partial charge in [0.05, 0.1) is 30.0 Å². The number of hydrogen-bond acceptors (Lipinski definition) is 5. The second kappa shape index (κ2) is 10.2. The van der Waals surface area contributed by atoms with Crippen LogP contribution in [0.4, 0.5) is 0 Å². The van der Waals surface area contributed by atoms with Crippen molar-refractivity contribution in [1.29, 1.82) is 0 Å². The fourth-order valence-corrected chi connectivity index (χ4v) is 4.53. The van der Waals surface area contributed by atoms with E-state index in [2.05, 4.69) is 10.8 Å². The number of carbonyl (C=O) groups is 1. The zero-order valence-corrected chi connectivity index (χ0v) is 18.9. The van der Waals surface area contributed by atoms with E-state index in [9.17, 15) is 4.79 Å². The molecule has 1 aliphatic rings. The fraction of sp³-hybridized carbons (Fsp3) is 0.417. The molecule has 1 atom stereocenters. The Morgan fingerprint density at radius 1 is 1.29 bits per heavy atom. The molecule has 0 N–H and O–H groups in total. The molecule has 1 unspecified atom stereocenters. The zero-order chi connectivity index (χ0) is 21.6. The number of aromatic nitrogens is 2. The van der Waals surface area contributed by atoms with Gasteiger partial charge in [0.2, 0.25) is 5.91 Å². The van der Waals surface area contributed by atoms with Crippen molar-refractivity contribution in [1.82, 2.24) is 14.5 Å². The van der Waals surface area contributed by atoms with Gasteiger partial charge >= 0.3 is 0 Å². The van der Waals surface area contributed by atoms with Crippen LogP contribution in [0.15, 0.2) is 48.5 Å². The monoisotopic (exact) mass is 439 g/mol. The highest BCUT2D eigenvalue weighted by atomic mass is 32.2. The molecule has 0 saturated carbocycles. The van der Waals surface area contributed by atoms with E-state index < -0.39 is 0 Å². The van der Waals surface area contributed by atoms with Gasteiger partial charge in [0.15, 0.2) is 0 Å². The summed E-state index contributed by atoms with van der Waals surface area (Å²) in [5, 5.41) is 0. The molecule has 2 heterocycles. The molecule has 1 fully saturated rings. The topological polar surface area (TPSA) is 56.6 Å².